The van der Waals surface area contributed by atoms with Crippen LogP contribution in [0.25, 0.3) is 10.4 Å². The lowest BCUT2D eigenvalue weighted by Crippen LogP contribution is -2.19. The Morgan fingerprint density at radius 2 is 2.29 bits per heavy atom. The molecule has 8 heteroatoms. The van der Waals surface area contributed by atoms with Crippen molar-refractivity contribution in [1.29, 1.82) is 0 Å². The molecule has 0 saturated heterocycles. The average Bonchev–Trinajstić information content (AvgIpc) is 2.32. The van der Waals surface area contributed by atoms with Crippen molar-refractivity contribution >= 4 is 5.82 Å². The summed E-state index contributed by atoms with van der Waals surface area (Å²) in [5, 5.41) is 22.4. The Hall–Kier alpha value is -1.89. The Morgan fingerprint density at radius 3 is 2.88 bits per heavy atom. The topological polar surface area (TPSA) is 128 Å². The number of hydrogen-bond acceptors (Lipinski definition) is 5. The molecule has 0 bridgehead atoms. The fourth-order valence-corrected chi connectivity index (χ4v) is 1.24. The van der Waals surface area contributed by atoms with Crippen LogP contribution in [0, 0.1) is 5.82 Å². The van der Waals surface area contributed by atoms with Crippen LogP contribution < -0.4 is 5.73 Å². The number of hydrogen-bond donors (Lipinski definition) is 3. The van der Waals surface area contributed by atoms with Crippen LogP contribution in [0.4, 0.5) is 10.2 Å². The van der Waals surface area contributed by atoms with Crippen LogP contribution in [0.1, 0.15) is 18.1 Å². The summed E-state index contributed by atoms with van der Waals surface area (Å²) < 4.78 is 13.1. The summed E-state index contributed by atoms with van der Waals surface area (Å²) >= 11 is 0. The van der Waals surface area contributed by atoms with Gasteiger partial charge >= 0.3 is 0 Å². The van der Waals surface area contributed by atoms with Crippen molar-refractivity contribution < 1.29 is 14.6 Å². The van der Waals surface area contributed by atoms with Crippen LogP contribution in [0.15, 0.2) is 17.4 Å². The minimum Gasteiger partial charge on any atom is -0.390 e. The van der Waals surface area contributed by atoms with Gasteiger partial charge in [0.1, 0.15) is 6.10 Å². The molecule has 1 heterocycles. The molecule has 0 saturated carbocycles. The van der Waals surface area contributed by atoms with Gasteiger partial charge in [0, 0.05) is 23.2 Å². The molecule has 17 heavy (non-hydrogen) atoms. The summed E-state index contributed by atoms with van der Waals surface area (Å²) in [4.78, 5) is 6.04. The lowest BCUT2D eigenvalue weighted by molar-refractivity contribution is 0.0147. The van der Waals surface area contributed by atoms with Crippen molar-refractivity contribution in [1.82, 2.24) is 4.98 Å². The number of halogens is 1. The number of nitrogens with zero attached hydrogens (tertiary/aromatic N) is 4. The highest BCUT2D eigenvalue weighted by atomic mass is 19.1. The first-order chi connectivity index (χ1) is 8.06. The van der Waals surface area contributed by atoms with E-state index in [9.17, 15) is 14.6 Å². The zero-order valence-electron chi connectivity index (χ0n) is 8.86. The third-order valence-corrected chi connectivity index (χ3v) is 2.18. The van der Waals surface area contributed by atoms with Crippen LogP contribution in [-0.2, 0) is 0 Å². The normalized spacial score (nSPS) is 13.8. The lowest BCUT2D eigenvalue weighted by Gasteiger charge is -2.17. The summed E-state index contributed by atoms with van der Waals surface area (Å²) in [6, 6.07) is 1.00. The number of aliphatic hydroxyl groups is 2. The SMILES string of the molecule is [N-]=[N+]=NCCC(O)C(O)c1cnc(N)c(F)c1. The Morgan fingerprint density at radius 1 is 1.59 bits per heavy atom. The minimum absolute atomic E-state index is 0.0413. The third-order valence-electron chi connectivity index (χ3n) is 2.18. The summed E-state index contributed by atoms with van der Waals surface area (Å²) in [6.45, 7) is 0.0413. The van der Waals surface area contributed by atoms with Crippen LogP contribution in [0.3, 0.4) is 0 Å². The number of aromatic nitrogens is 1. The lowest BCUT2D eigenvalue weighted by atomic mass is 10.0. The monoisotopic (exact) mass is 241 g/mol. The molecule has 0 amide bonds. The van der Waals surface area contributed by atoms with Gasteiger partial charge in [-0.1, -0.05) is 5.11 Å². The number of azide groups is 1. The zero-order chi connectivity index (χ0) is 12.8. The van der Waals surface area contributed by atoms with Crippen LogP contribution in [-0.4, -0.2) is 27.8 Å². The van der Waals surface area contributed by atoms with Crippen molar-refractivity contribution in [2.45, 2.75) is 18.6 Å². The first-order valence-electron chi connectivity index (χ1n) is 4.84. The maximum Gasteiger partial charge on any atom is 0.165 e. The molecular formula is C9H12FN5O2. The Kier molecular flexibility index (Phi) is 4.65. The van der Waals surface area contributed by atoms with E-state index in [1.54, 1.807) is 0 Å². The predicted octanol–water partition coefficient (Wildman–Crippen LogP) is 0.898. The van der Waals surface area contributed by atoms with E-state index >= 15 is 0 Å². The second-order valence-corrected chi connectivity index (χ2v) is 3.39. The average molecular weight is 241 g/mol. The maximum atomic E-state index is 13.1. The van der Waals surface area contributed by atoms with E-state index in [1.807, 2.05) is 0 Å². The molecule has 0 aliphatic rings. The van der Waals surface area contributed by atoms with Gasteiger partial charge in [-0.2, -0.15) is 0 Å². The number of nitrogen functional groups attached to an aromatic ring is 1. The molecule has 92 valence electrons. The van der Waals surface area contributed by atoms with E-state index in [2.05, 4.69) is 15.0 Å². The quantitative estimate of drug-likeness (QED) is 0.401. The van der Waals surface area contributed by atoms with Crippen molar-refractivity contribution in [2.75, 3.05) is 12.3 Å². The summed E-state index contributed by atoms with van der Waals surface area (Å²) in [5.41, 5.74) is 13.3. The van der Waals surface area contributed by atoms with E-state index in [0.29, 0.717) is 0 Å². The van der Waals surface area contributed by atoms with Crippen LogP contribution >= 0.6 is 0 Å². The molecule has 4 N–H and O–H groups in total. The Balaban J connectivity index is 2.70. The van der Waals surface area contributed by atoms with Gasteiger partial charge in [0.05, 0.1) is 6.10 Å². The van der Waals surface area contributed by atoms with Crippen LogP contribution in [0.5, 0.6) is 0 Å². The molecule has 1 rings (SSSR count). The second-order valence-electron chi connectivity index (χ2n) is 3.39. The van der Waals surface area contributed by atoms with Gasteiger partial charge in [-0.15, -0.1) is 0 Å². The van der Waals surface area contributed by atoms with Crippen molar-refractivity contribution in [2.24, 2.45) is 5.11 Å². The fraction of sp³-hybridized carbons (Fsp3) is 0.444. The van der Waals surface area contributed by atoms with E-state index in [0.717, 1.165) is 6.07 Å². The predicted molar refractivity (Wildman–Crippen MR) is 58.2 cm³/mol. The maximum absolute atomic E-state index is 13.1. The highest BCUT2D eigenvalue weighted by Crippen LogP contribution is 2.20. The highest BCUT2D eigenvalue weighted by molar-refractivity contribution is 5.32. The third kappa shape index (κ3) is 3.56. The first kappa shape index (κ1) is 13.2. The zero-order valence-corrected chi connectivity index (χ0v) is 8.86. The van der Waals surface area contributed by atoms with Gasteiger partial charge in [-0.3, -0.25) is 0 Å². The molecule has 2 unspecified atom stereocenters. The molecule has 7 nitrogen and oxygen atoms in total. The van der Waals surface area contributed by atoms with Gasteiger partial charge < -0.3 is 15.9 Å². The molecule has 0 fully saturated rings. The second kappa shape index (κ2) is 6.00. The largest absolute Gasteiger partial charge is 0.390 e. The van der Waals surface area contributed by atoms with E-state index in [4.69, 9.17) is 11.3 Å². The number of rotatable bonds is 5. The first-order valence-corrected chi connectivity index (χ1v) is 4.84. The summed E-state index contributed by atoms with van der Waals surface area (Å²) in [5.74, 6) is -1.03. The van der Waals surface area contributed by atoms with Gasteiger partial charge in [0.2, 0.25) is 0 Å². The van der Waals surface area contributed by atoms with Crippen molar-refractivity contribution in [3.05, 3.63) is 34.1 Å². The van der Waals surface area contributed by atoms with Crippen molar-refractivity contribution in [3.63, 3.8) is 0 Å². The van der Waals surface area contributed by atoms with E-state index < -0.39 is 18.0 Å². The molecule has 2 atom stereocenters. The van der Waals surface area contributed by atoms with Gasteiger partial charge in [-0.05, 0) is 18.0 Å². The van der Waals surface area contributed by atoms with Crippen LogP contribution in [0.2, 0.25) is 0 Å². The molecule has 0 aromatic carbocycles. The van der Waals surface area contributed by atoms with Gasteiger partial charge in [0.25, 0.3) is 0 Å². The molecular weight excluding hydrogens is 229 g/mol. The summed E-state index contributed by atoms with van der Waals surface area (Å²) in [6.07, 6.45) is -1.21. The molecule has 1 aromatic heterocycles. The van der Waals surface area contributed by atoms with E-state index in [1.165, 1.54) is 6.20 Å². The van der Waals surface area contributed by atoms with Gasteiger partial charge in [-0.25, -0.2) is 9.37 Å². The molecule has 0 aliphatic heterocycles. The molecule has 0 aliphatic carbocycles. The number of pyridine rings is 1. The number of anilines is 1. The van der Waals surface area contributed by atoms with E-state index in [-0.39, 0.29) is 24.3 Å². The smallest absolute Gasteiger partial charge is 0.165 e. The fourth-order valence-electron chi connectivity index (χ4n) is 1.24. The molecule has 1 aromatic rings. The van der Waals surface area contributed by atoms with Crippen molar-refractivity contribution in [3.8, 4) is 0 Å². The van der Waals surface area contributed by atoms with Gasteiger partial charge in [0.15, 0.2) is 11.6 Å². The highest BCUT2D eigenvalue weighted by Gasteiger charge is 2.19. The molecule has 0 radical (unpaired) electrons. The number of aliphatic hydroxyl groups excluding tert-OH is 2. The minimum atomic E-state index is -1.30. The summed E-state index contributed by atoms with van der Waals surface area (Å²) in [7, 11) is 0. The Labute approximate surface area is 96.3 Å². The Bertz CT molecular complexity index is 435. The standard InChI is InChI=1S/C9H12FN5O2/c10-6-3-5(4-13-9(6)11)8(17)7(16)1-2-14-15-12/h3-4,7-8,16-17H,1-2H2,(H2,11,13). The molecule has 0 spiro atoms. The number of nitrogens with two attached hydrogens (primary N) is 1.